The molecule has 0 radical (unpaired) electrons. The molecule has 1 heterocycles. The van der Waals surface area contributed by atoms with Crippen LogP contribution < -0.4 is 10.1 Å². The van der Waals surface area contributed by atoms with E-state index in [2.05, 4.69) is 5.32 Å². The van der Waals surface area contributed by atoms with Gasteiger partial charge in [-0.2, -0.15) is 0 Å². The first-order valence-corrected chi connectivity index (χ1v) is 7.74. The van der Waals surface area contributed by atoms with E-state index in [0.717, 1.165) is 28.7 Å². The Balaban J connectivity index is 1.56. The molecule has 0 aliphatic rings. The second kappa shape index (κ2) is 7.01. The minimum Gasteiger partial charge on any atom is -0.494 e. The molecule has 1 N–H and O–H groups in total. The van der Waals surface area contributed by atoms with Crippen LogP contribution in [0.1, 0.15) is 22.8 Å². The smallest absolute Gasteiger partial charge is 0.251 e. The zero-order chi connectivity index (χ0) is 16.1. The molecule has 0 saturated carbocycles. The van der Waals surface area contributed by atoms with Crippen molar-refractivity contribution in [3.05, 3.63) is 65.9 Å². The van der Waals surface area contributed by atoms with Gasteiger partial charge in [-0.1, -0.05) is 18.2 Å². The molecule has 118 valence electrons. The number of amides is 1. The Morgan fingerprint density at radius 3 is 2.70 bits per heavy atom. The van der Waals surface area contributed by atoms with Crippen LogP contribution in [0, 0.1) is 0 Å². The molecule has 0 spiro atoms. The molecular formula is C19H19NO3. The molecule has 0 aliphatic carbocycles. The van der Waals surface area contributed by atoms with Crippen LogP contribution in [0.3, 0.4) is 0 Å². The third-order valence-electron chi connectivity index (χ3n) is 3.67. The van der Waals surface area contributed by atoms with Crippen LogP contribution in [0.2, 0.25) is 0 Å². The van der Waals surface area contributed by atoms with Crippen LogP contribution >= 0.6 is 0 Å². The number of hydrogen-bond acceptors (Lipinski definition) is 3. The predicted molar refractivity (Wildman–Crippen MR) is 89.9 cm³/mol. The Kier molecular flexibility index (Phi) is 4.62. The number of carbonyl (C=O) groups is 1. The van der Waals surface area contributed by atoms with Crippen molar-refractivity contribution in [1.29, 1.82) is 0 Å². The van der Waals surface area contributed by atoms with Gasteiger partial charge in [0.05, 0.1) is 12.9 Å². The molecular weight excluding hydrogens is 290 g/mol. The van der Waals surface area contributed by atoms with E-state index in [1.165, 1.54) is 0 Å². The highest BCUT2D eigenvalue weighted by Crippen LogP contribution is 2.20. The van der Waals surface area contributed by atoms with Crippen LogP contribution in [0.25, 0.3) is 11.0 Å². The number of carbonyl (C=O) groups excluding carboxylic acids is 1. The van der Waals surface area contributed by atoms with Gasteiger partial charge in [0.2, 0.25) is 0 Å². The summed E-state index contributed by atoms with van der Waals surface area (Å²) in [7, 11) is 0. The average Bonchev–Trinajstić information content (AvgIpc) is 2.99. The molecule has 1 amide bonds. The Morgan fingerprint density at radius 2 is 1.91 bits per heavy atom. The van der Waals surface area contributed by atoms with Gasteiger partial charge in [-0.05, 0) is 49.2 Å². The van der Waals surface area contributed by atoms with E-state index in [1.807, 2.05) is 43.3 Å². The molecule has 0 fully saturated rings. The fourth-order valence-corrected chi connectivity index (χ4v) is 2.51. The highest BCUT2D eigenvalue weighted by atomic mass is 16.5. The van der Waals surface area contributed by atoms with Crippen molar-refractivity contribution in [3.8, 4) is 5.75 Å². The summed E-state index contributed by atoms with van der Waals surface area (Å²) in [5.74, 6) is 0.690. The Bertz CT molecular complexity index is 790. The predicted octanol–water partition coefficient (Wildman–Crippen LogP) is 3.80. The molecule has 0 unspecified atom stereocenters. The maximum absolute atomic E-state index is 12.1. The minimum atomic E-state index is -0.0825. The number of nitrogens with one attached hydrogen (secondary N) is 1. The van der Waals surface area contributed by atoms with Gasteiger partial charge < -0.3 is 14.5 Å². The van der Waals surface area contributed by atoms with Crippen LogP contribution in [0.4, 0.5) is 0 Å². The highest BCUT2D eigenvalue weighted by Gasteiger charge is 2.08. The summed E-state index contributed by atoms with van der Waals surface area (Å²) in [6.07, 6.45) is 2.49. The number of benzene rings is 2. The van der Waals surface area contributed by atoms with Crippen molar-refractivity contribution < 1.29 is 13.9 Å². The number of rotatable bonds is 6. The van der Waals surface area contributed by atoms with Gasteiger partial charge in [0.25, 0.3) is 5.91 Å². The molecule has 0 aliphatic heterocycles. The van der Waals surface area contributed by atoms with Crippen LogP contribution in [-0.4, -0.2) is 19.1 Å². The zero-order valence-corrected chi connectivity index (χ0v) is 13.0. The number of hydrogen-bond donors (Lipinski definition) is 1. The third-order valence-corrected chi connectivity index (χ3v) is 3.67. The van der Waals surface area contributed by atoms with E-state index in [-0.39, 0.29) is 5.91 Å². The quantitative estimate of drug-likeness (QED) is 0.753. The highest BCUT2D eigenvalue weighted by molar-refractivity contribution is 5.94. The molecule has 0 bridgehead atoms. The number of furan rings is 1. The molecule has 4 heteroatoms. The molecule has 3 aromatic rings. The van der Waals surface area contributed by atoms with Crippen molar-refractivity contribution in [2.75, 3.05) is 13.2 Å². The summed E-state index contributed by atoms with van der Waals surface area (Å²) < 4.78 is 10.9. The van der Waals surface area contributed by atoms with Gasteiger partial charge in [0.15, 0.2) is 0 Å². The number of fused-ring (bicyclic) bond motifs is 1. The molecule has 0 saturated heterocycles. The summed E-state index contributed by atoms with van der Waals surface area (Å²) in [4.78, 5) is 12.1. The Morgan fingerprint density at radius 1 is 1.13 bits per heavy atom. The van der Waals surface area contributed by atoms with Gasteiger partial charge in [0.1, 0.15) is 11.3 Å². The first-order chi connectivity index (χ1) is 11.3. The lowest BCUT2D eigenvalue weighted by atomic mass is 10.1. The standard InChI is InChI=1S/C19H19NO3/c1-2-22-16-9-7-14(8-10-16)19(21)20-12-11-15-13-23-18-6-4-3-5-17(15)18/h3-10,13H,2,11-12H2,1H3,(H,20,21). The van der Waals surface area contributed by atoms with E-state index in [4.69, 9.17) is 9.15 Å². The van der Waals surface area contributed by atoms with Gasteiger partial charge in [0, 0.05) is 17.5 Å². The molecule has 0 atom stereocenters. The molecule has 4 nitrogen and oxygen atoms in total. The molecule has 23 heavy (non-hydrogen) atoms. The van der Waals surface area contributed by atoms with Gasteiger partial charge >= 0.3 is 0 Å². The number of para-hydroxylation sites is 1. The largest absolute Gasteiger partial charge is 0.494 e. The molecule has 2 aromatic carbocycles. The van der Waals surface area contributed by atoms with Crippen LogP contribution in [0.15, 0.2) is 59.2 Å². The second-order valence-electron chi connectivity index (χ2n) is 5.22. The van der Waals surface area contributed by atoms with Crippen LogP contribution in [-0.2, 0) is 6.42 Å². The summed E-state index contributed by atoms with van der Waals surface area (Å²) in [5.41, 5.74) is 2.61. The van der Waals surface area contributed by atoms with Gasteiger partial charge in [-0.25, -0.2) is 0 Å². The van der Waals surface area contributed by atoms with Gasteiger partial charge in [-0.15, -0.1) is 0 Å². The van der Waals surface area contributed by atoms with E-state index in [9.17, 15) is 4.79 Å². The van der Waals surface area contributed by atoms with Gasteiger partial charge in [-0.3, -0.25) is 4.79 Å². The summed E-state index contributed by atoms with van der Waals surface area (Å²) in [5, 5.41) is 4.03. The number of ether oxygens (including phenoxy) is 1. The maximum Gasteiger partial charge on any atom is 0.251 e. The minimum absolute atomic E-state index is 0.0825. The second-order valence-corrected chi connectivity index (χ2v) is 5.22. The molecule has 3 rings (SSSR count). The normalized spacial score (nSPS) is 10.7. The van der Waals surface area contributed by atoms with E-state index in [1.54, 1.807) is 18.4 Å². The van der Waals surface area contributed by atoms with Crippen molar-refractivity contribution >= 4 is 16.9 Å². The SMILES string of the molecule is CCOc1ccc(C(=O)NCCc2coc3ccccc23)cc1. The van der Waals surface area contributed by atoms with Crippen molar-refractivity contribution in [3.63, 3.8) is 0 Å². The van der Waals surface area contributed by atoms with E-state index >= 15 is 0 Å². The summed E-state index contributed by atoms with van der Waals surface area (Å²) in [6.45, 7) is 3.11. The first-order valence-electron chi connectivity index (χ1n) is 7.74. The fourth-order valence-electron chi connectivity index (χ4n) is 2.51. The Hall–Kier alpha value is -2.75. The summed E-state index contributed by atoms with van der Waals surface area (Å²) in [6, 6.07) is 15.1. The van der Waals surface area contributed by atoms with Crippen molar-refractivity contribution in [1.82, 2.24) is 5.32 Å². The average molecular weight is 309 g/mol. The third kappa shape index (κ3) is 3.54. The lowest BCUT2D eigenvalue weighted by Gasteiger charge is -2.06. The zero-order valence-electron chi connectivity index (χ0n) is 13.0. The Labute approximate surface area is 135 Å². The lowest BCUT2D eigenvalue weighted by molar-refractivity contribution is 0.0954. The monoisotopic (exact) mass is 309 g/mol. The first kappa shape index (κ1) is 15.2. The van der Waals surface area contributed by atoms with E-state index in [0.29, 0.717) is 18.7 Å². The summed E-state index contributed by atoms with van der Waals surface area (Å²) >= 11 is 0. The van der Waals surface area contributed by atoms with Crippen molar-refractivity contribution in [2.45, 2.75) is 13.3 Å². The van der Waals surface area contributed by atoms with Crippen LogP contribution in [0.5, 0.6) is 5.75 Å². The van der Waals surface area contributed by atoms with E-state index < -0.39 is 0 Å². The maximum atomic E-state index is 12.1. The topological polar surface area (TPSA) is 51.5 Å². The molecule has 1 aromatic heterocycles. The fraction of sp³-hybridized carbons (Fsp3) is 0.211. The van der Waals surface area contributed by atoms with Crippen molar-refractivity contribution in [2.24, 2.45) is 0 Å². The lowest BCUT2D eigenvalue weighted by Crippen LogP contribution is -2.25.